The molecule has 0 aliphatic heterocycles. The predicted octanol–water partition coefficient (Wildman–Crippen LogP) is 1.75. The van der Waals surface area contributed by atoms with Gasteiger partial charge in [-0.3, -0.25) is 4.79 Å². The molecule has 3 N–H and O–H groups in total. The molecule has 0 saturated carbocycles. The molecule has 2 aromatic rings. The summed E-state index contributed by atoms with van der Waals surface area (Å²) in [5, 5.41) is 21.5. The molecule has 1 aromatic carbocycles. The molecule has 0 aliphatic rings. The Balaban J connectivity index is 2.06. The Bertz CT molecular complexity index is 756. The summed E-state index contributed by atoms with van der Waals surface area (Å²) in [6.07, 6.45) is 0.464. The summed E-state index contributed by atoms with van der Waals surface area (Å²) in [5.41, 5.74) is -0.652. The number of aromatic nitrogens is 1. The van der Waals surface area contributed by atoms with E-state index in [0.29, 0.717) is 22.0 Å². The van der Waals surface area contributed by atoms with Gasteiger partial charge in [0.05, 0.1) is 17.2 Å². The van der Waals surface area contributed by atoms with Crippen LogP contribution in [0.2, 0.25) is 0 Å². The summed E-state index contributed by atoms with van der Waals surface area (Å²) in [5.74, 6) is -2.22. The first-order chi connectivity index (χ1) is 11.2. The fourth-order valence-corrected chi connectivity index (χ4v) is 2.94. The average molecular weight is 352 g/mol. The highest BCUT2D eigenvalue weighted by atomic mass is 32.1. The van der Waals surface area contributed by atoms with E-state index in [1.807, 2.05) is 0 Å². The van der Waals surface area contributed by atoms with Crippen LogP contribution in [-0.2, 0) is 11.2 Å². The largest absolute Gasteiger partial charge is 0.479 e. The summed E-state index contributed by atoms with van der Waals surface area (Å²) in [6, 6.07) is 6.01. The van der Waals surface area contributed by atoms with Gasteiger partial charge in [0.1, 0.15) is 10.7 Å². The van der Waals surface area contributed by atoms with Gasteiger partial charge in [-0.15, -0.1) is 11.3 Å². The monoisotopic (exact) mass is 352 g/mol. The van der Waals surface area contributed by atoms with Crippen molar-refractivity contribution in [1.29, 1.82) is 0 Å². The first-order valence-electron chi connectivity index (χ1n) is 7.14. The number of aliphatic hydroxyl groups is 1. The van der Waals surface area contributed by atoms with Crippen LogP contribution in [0.15, 0.2) is 24.3 Å². The second-order valence-corrected chi connectivity index (χ2v) is 6.67. The van der Waals surface area contributed by atoms with E-state index >= 15 is 0 Å². The molecular formula is C16H17FN2O4S. The zero-order valence-corrected chi connectivity index (χ0v) is 14.0. The van der Waals surface area contributed by atoms with Crippen LogP contribution in [0.1, 0.15) is 32.9 Å². The third-order valence-corrected chi connectivity index (χ3v) is 4.53. The molecule has 24 heavy (non-hydrogen) atoms. The molecule has 0 aliphatic carbocycles. The Kier molecular flexibility index (Phi) is 5.30. The van der Waals surface area contributed by atoms with Crippen molar-refractivity contribution in [3.63, 3.8) is 0 Å². The smallest absolute Gasteiger partial charge is 0.337 e. The molecular weight excluding hydrogens is 335 g/mol. The lowest BCUT2D eigenvalue weighted by Crippen LogP contribution is -2.46. The van der Waals surface area contributed by atoms with Crippen LogP contribution in [0, 0.1) is 12.7 Å². The maximum Gasteiger partial charge on any atom is 0.337 e. The van der Waals surface area contributed by atoms with E-state index in [9.17, 15) is 19.1 Å². The summed E-state index contributed by atoms with van der Waals surface area (Å²) in [6.45, 7) is 2.37. The summed E-state index contributed by atoms with van der Waals surface area (Å²) < 4.78 is 12.9. The van der Waals surface area contributed by atoms with Gasteiger partial charge in [0.15, 0.2) is 5.60 Å². The van der Waals surface area contributed by atoms with Crippen molar-refractivity contribution in [2.45, 2.75) is 25.9 Å². The standard InChI is InChI=1S/C16H17FN2O4S/c1-9-13(14(20)18-8-16(2,23)15(21)22)24-12(19-9)7-10-3-5-11(17)6-4-10/h3-6,23H,7-8H2,1-2H3,(H,18,20)(H,21,22). The van der Waals surface area contributed by atoms with Gasteiger partial charge in [-0.1, -0.05) is 12.1 Å². The van der Waals surface area contributed by atoms with Gasteiger partial charge in [-0.2, -0.15) is 0 Å². The van der Waals surface area contributed by atoms with Crippen LogP contribution in [-0.4, -0.2) is 39.2 Å². The predicted molar refractivity (Wildman–Crippen MR) is 86.6 cm³/mol. The van der Waals surface area contributed by atoms with Crippen molar-refractivity contribution < 1.29 is 24.2 Å². The minimum Gasteiger partial charge on any atom is -0.479 e. The van der Waals surface area contributed by atoms with E-state index in [1.165, 1.54) is 23.5 Å². The molecule has 1 aromatic heterocycles. The van der Waals surface area contributed by atoms with Crippen LogP contribution < -0.4 is 5.32 Å². The molecule has 1 unspecified atom stereocenters. The number of nitrogens with zero attached hydrogens (tertiary/aromatic N) is 1. The highest BCUT2D eigenvalue weighted by molar-refractivity contribution is 7.13. The van der Waals surface area contributed by atoms with Crippen molar-refractivity contribution in [3.8, 4) is 0 Å². The summed E-state index contributed by atoms with van der Waals surface area (Å²) in [7, 11) is 0. The van der Waals surface area contributed by atoms with Crippen LogP contribution in [0.4, 0.5) is 4.39 Å². The number of rotatable bonds is 6. The number of carboxylic acids is 1. The second kappa shape index (κ2) is 7.06. The van der Waals surface area contributed by atoms with E-state index < -0.39 is 24.0 Å². The van der Waals surface area contributed by atoms with Gasteiger partial charge in [-0.05, 0) is 31.5 Å². The molecule has 1 heterocycles. The molecule has 0 saturated heterocycles. The van der Waals surface area contributed by atoms with Gasteiger partial charge >= 0.3 is 5.97 Å². The van der Waals surface area contributed by atoms with Crippen molar-refractivity contribution in [1.82, 2.24) is 10.3 Å². The van der Waals surface area contributed by atoms with Gasteiger partial charge in [-0.25, -0.2) is 14.2 Å². The lowest BCUT2D eigenvalue weighted by molar-refractivity contribution is -0.155. The SMILES string of the molecule is Cc1nc(Cc2ccc(F)cc2)sc1C(=O)NCC(C)(O)C(=O)O. The fraction of sp³-hybridized carbons (Fsp3) is 0.312. The van der Waals surface area contributed by atoms with Gasteiger partial charge < -0.3 is 15.5 Å². The summed E-state index contributed by atoms with van der Waals surface area (Å²) in [4.78, 5) is 27.7. The quantitative estimate of drug-likeness (QED) is 0.735. The minimum absolute atomic E-state index is 0.320. The number of thiazole rings is 1. The van der Waals surface area contributed by atoms with Crippen molar-refractivity contribution in [3.05, 3.63) is 51.2 Å². The van der Waals surface area contributed by atoms with Crippen LogP contribution in [0.25, 0.3) is 0 Å². The second-order valence-electron chi connectivity index (χ2n) is 5.59. The van der Waals surface area contributed by atoms with E-state index in [-0.39, 0.29) is 5.82 Å². The molecule has 0 bridgehead atoms. The Morgan fingerprint density at radius 3 is 2.54 bits per heavy atom. The number of benzene rings is 1. The molecule has 1 atom stereocenters. The van der Waals surface area contributed by atoms with Crippen LogP contribution in [0.3, 0.4) is 0 Å². The van der Waals surface area contributed by atoms with Gasteiger partial charge in [0.2, 0.25) is 0 Å². The molecule has 0 spiro atoms. The topological polar surface area (TPSA) is 99.5 Å². The lowest BCUT2D eigenvalue weighted by atomic mass is 10.1. The Labute approximate surface area is 142 Å². The Morgan fingerprint density at radius 1 is 1.33 bits per heavy atom. The fourth-order valence-electron chi connectivity index (χ4n) is 1.92. The summed E-state index contributed by atoms with van der Waals surface area (Å²) >= 11 is 1.18. The maximum absolute atomic E-state index is 12.9. The number of hydrogen-bond donors (Lipinski definition) is 3. The molecule has 128 valence electrons. The number of aryl methyl sites for hydroxylation is 1. The maximum atomic E-state index is 12.9. The lowest BCUT2D eigenvalue weighted by Gasteiger charge is -2.17. The third-order valence-electron chi connectivity index (χ3n) is 3.37. The van der Waals surface area contributed by atoms with Gasteiger partial charge in [0, 0.05) is 6.42 Å². The number of halogens is 1. The number of hydrogen-bond acceptors (Lipinski definition) is 5. The van der Waals surface area contributed by atoms with E-state index in [2.05, 4.69) is 10.3 Å². The number of carbonyl (C=O) groups is 2. The molecule has 1 amide bonds. The van der Waals surface area contributed by atoms with Crippen molar-refractivity contribution in [2.75, 3.05) is 6.54 Å². The normalized spacial score (nSPS) is 13.3. The highest BCUT2D eigenvalue weighted by Crippen LogP contribution is 2.21. The first kappa shape index (κ1) is 18.0. The van der Waals surface area contributed by atoms with Crippen LogP contribution in [0.5, 0.6) is 0 Å². The Hall–Kier alpha value is -2.32. The average Bonchev–Trinajstić information content (AvgIpc) is 2.88. The molecule has 0 radical (unpaired) electrons. The molecule has 8 heteroatoms. The van der Waals surface area contributed by atoms with E-state index in [4.69, 9.17) is 5.11 Å². The molecule has 6 nitrogen and oxygen atoms in total. The third kappa shape index (κ3) is 4.36. The zero-order valence-electron chi connectivity index (χ0n) is 13.2. The van der Waals surface area contributed by atoms with Crippen molar-refractivity contribution >= 4 is 23.2 Å². The highest BCUT2D eigenvalue weighted by Gasteiger charge is 2.30. The van der Waals surface area contributed by atoms with Crippen LogP contribution >= 0.6 is 11.3 Å². The number of amides is 1. The van der Waals surface area contributed by atoms with E-state index in [1.54, 1.807) is 19.1 Å². The van der Waals surface area contributed by atoms with E-state index in [0.717, 1.165) is 12.5 Å². The minimum atomic E-state index is -2.04. The number of nitrogens with one attached hydrogen (secondary N) is 1. The molecule has 2 rings (SSSR count). The number of carbonyl (C=O) groups excluding carboxylic acids is 1. The zero-order chi connectivity index (χ0) is 17.9. The van der Waals surface area contributed by atoms with Gasteiger partial charge in [0.25, 0.3) is 5.91 Å². The van der Waals surface area contributed by atoms with Crippen molar-refractivity contribution in [2.24, 2.45) is 0 Å². The number of aliphatic carboxylic acids is 1. The molecule has 0 fully saturated rings. The Morgan fingerprint density at radius 2 is 1.96 bits per heavy atom. The first-order valence-corrected chi connectivity index (χ1v) is 7.95. The number of carboxylic acid groups (broad SMARTS) is 1.